The highest BCUT2D eigenvalue weighted by Crippen LogP contribution is 2.25. The summed E-state index contributed by atoms with van der Waals surface area (Å²) >= 11 is 0. The van der Waals surface area contributed by atoms with Gasteiger partial charge in [-0.1, -0.05) is 0 Å². The topological polar surface area (TPSA) is 58.4 Å². The molecular formula is C22H24N6. The number of piperazine rings is 1. The molecule has 28 heavy (non-hydrogen) atoms. The summed E-state index contributed by atoms with van der Waals surface area (Å²) in [5.74, 6) is 0.734. The summed E-state index contributed by atoms with van der Waals surface area (Å²) < 4.78 is 2.02. The summed E-state index contributed by atoms with van der Waals surface area (Å²) in [6.07, 6.45) is 5.98. The molecule has 1 aliphatic rings. The fraction of sp³-hybridized carbons (Fsp3) is 0.318. The Labute approximate surface area is 164 Å². The maximum Gasteiger partial charge on any atom is 0.161 e. The summed E-state index contributed by atoms with van der Waals surface area (Å²) in [7, 11) is 0. The summed E-state index contributed by atoms with van der Waals surface area (Å²) in [5.41, 5.74) is 5.12. The van der Waals surface area contributed by atoms with Crippen molar-refractivity contribution in [3.8, 4) is 11.4 Å². The molecule has 0 unspecified atom stereocenters. The van der Waals surface area contributed by atoms with Crippen LogP contribution in [0.4, 0.5) is 5.69 Å². The third-order valence-electron chi connectivity index (χ3n) is 5.32. The molecule has 6 nitrogen and oxygen atoms in total. The van der Waals surface area contributed by atoms with E-state index in [-0.39, 0.29) is 0 Å². The molecule has 142 valence electrons. The summed E-state index contributed by atoms with van der Waals surface area (Å²) in [5, 5.41) is 4.65. The Balaban J connectivity index is 1.49. The van der Waals surface area contributed by atoms with Gasteiger partial charge in [0.25, 0.3) is 0 Å². The minimum atomic E-state index is 0.486. The van der Waals surface area contributed by atoms with Gasteiger partial charge in [-0.15, -0.1) is 0 Å². The number of imidazole rings is 1. The van der Waals surface area contributed by atoms with Gasteiger partial charge in [0.2, 0.25) is 0 Å². The highest BCUT2D eigenvalue weighted by atomic mass is 15.2. The summed E-state index contributed by atoms with van der Waals surface area (Å²) in [6.45, 7) is 8.49. The predicted molar refractivity (Wildman–Crippen MR) is 113 cm³/mol. The lowest BCUT2D eigenvalue weighted by Crippen LogP contribution is -2.54. The van der Waals surface area contributed by atoms with E-state index in [9.17, 15) is 0 Å². The molecule has 0 amide bonds. The van der Waals surface area contributed by atoms with E-state index in [0.29, 0.717) is 12.1 Å². The van der Waals surface area contributed by atoms with Gasteiger partial charge < -0.3 is 14.6 Å². The average Bonchev–Trinajstić information content (AvgIpc) is 3.05. The van der Waals surface area contributed by atoms with Crippen molar-refractivity contribution in [2.75, 3.05) is 18.0 Å². The molecule has 4 aromatic rings. The smallest absolute Gasteiger partial charge is 0.161 e. The quantitative estimate of drug-likeness (QED) is 0.584. The third kappa shape index (κ3) is 3.10. The number of pyridine rings is 1. The van der Waals surface area contributed by atoms with E-state index >= 15 is 0 Å². The minimum absolute atomic E-state index is 0.486. The molecule has 6 heteroatoms. The molecule has 1 aromatic carbocycles. The number of hydrogen-bond acceptors (Lipinski definition) is 5. The second-order valence-electron chi connectivity index (χ2n) is 7.88. The second-order valence-corrected chi connectivity index (χ2v) is 7.88. The first kappa shape index (κ1) is 17.1. The molecule has 1 fully saturated rings. The number of aryl methyl sites for hydroxylation is 1. The maximum atomic E-state index is 4.80. The monoisotopic (exact) mass is 372 g/mol. The molecular weight excluding hydrogens is 348 g/mol. The van der Waals surface area contributed by atoms with E-state index in [1.807, 2.05) is 42.0 Å². The largest absolute Gasteiger partial charge is 0.368 e. The lowest BCUT2D eigenvalue weighted by molar-refractivity contribution is 0.407. The van der Waals surface area contributed by atoms with E-state index in [2.05, 4.69) is 52.2 Å². The first-order chi connectivity index (χ1) is 13.5. The van der Waals surface area contributed by atoms with Gasteiger partial charge in [0.15, 0.2) is 5.82 Å². The van der Waals surface area contributed by atoms with Crippen molar-refractivity contribution in [1.82, 2.24) is 24.7 Å². The van der Waals surface area contributed by atoms with Crippen LogP contribution in [0.1, 0.15) is 19.5 Å². The number of nitrogens with zero attached hydrogens (tertiary/aromatic N) is 5. The fourth-order valence-corrected chi connectivity index (χ4v) is 4.15. The van der Waals surface area contributed by atoms with Gasteiger partial charge in [-0.3, -0.25) is 0 Å². The normalized spacial score (nSPS) is 20.2. The highest BCUT2D eigenvalue weighted by molar-refractivity contribution is 5.83. The van der Waals surface area contributed by atoms with Crippen LogP contribution in [-0.2, 0) is 0 Å². The van der Waals surface area contributed by atoms with Gasteiger partial charge in [-0.05, 0) is 51.1 Å². The van der Waals surface area contributed by atoms with E-state index < -0.39 is 0 Å². The minimum Gasteiger partial charge on any atom is -0.368 e. The number of fused-ring (bicyclic) bond motifs is 2. The Morgan fingerprint density at radius 3 is 2.64 bits per heavy atom. The van der Waals surface area contributed by atoms with E-state index in [1.54, 1.807) is 0 Å². The van der Waals surface area contributed by atoms with E-state index in [1.165, 1.54) is 5.69 Å². The van der Waals surface area contributed by atoms with Crippen molar-refractivity contribution >= 4 is 22.2 Å². The molecule has 1 aliphatic heterocycles. The molecule has 0 aliphatic carbocycles. The first-order valence-corrected chi connectivity index (χ1v) is 9.79. The van der Waals surface area contributed by atoms with Crippen molar-refractivity contribution in [3.05, 3.63) is 54.6 Å². The number of anilines is 1. The van der Waals surface area contributed by atoms with Crippen molar-refractivity contribution in [2.45, 2.75) is 32.9 Å². The van der Waals surface area contributed by atoms with Crippen molar-refractivity contribution in [1.29, 1.82) is 0 Å². The second kappa shape index (κ2) is 6.56. The van der Waals surface area contributed by atoms with Crippen LogP contribution in [0, 0.1) is 6.92 Å². The van der Waals surface area contributed by atoms with Crippen molar-refractivity contribution in [3.63, 3.8) is 0 Å². The number of nitrogens with one attached hydrogen (secondary N) is 1. The van der Waals surface area contributed by atoms with E-state index in [4.69, 9.17) is 4.98 Å². The van der Waals surface area contributed by atoms with Crippen LogP contribution in [0.5, 0.6) is 0 Å². The maximum absolute atomic E-state index is 4.80. The van der Waals surface area contributed by atoms with E-state index in [0.717, 1.165) is 46.7 Å². The Hall–Kier alpha value is -2.99. The van der Waals surface area contributed by atoms with Gasteiger partial charge >= 0.3 is 0 Å². The zero-order valence-electron chi connectivity index (χ0n) is 16.4. The molecule has 0 saturated carbocycles. The molecule has 2 atom stereocenters. The lowest BCUT2D eigenvalue weighted by atomic mass is 10.1. The summed E-state index contributed by atoms with van der Waals surface area (Å²) in [6, 6.07) is 11.5. The third-order valence-corrected chi connectivity index (χ3v) is 5.32. The standard InChI is InChI=1S/C22H24N6/c1-14-10-27(11-15(2)24-14)19-5-6-20-18(8-19)9-23-22(26-20)17-4-7-21-25-16(3)12-28(21)13-17/h4-9,12-15,24H,10-11H2,1-3H3/t14-,15+. The van der Waals surface area contributed by atoms with Gasteiger partial charge in [-0.2, -0.15) is 0 Å². The van der Waals surface area contributed by atoms with Crippen molar-refractivity contribution in [2.24, 2.45) is 0 Å². The molecule has 3 aromatic heterocycles. The average molecular weight is 372 g/mol. The number of hydrogen-bond donors (Lipinski definition) is 1. The summed E-state index contributed by atoms with van der Waals surface area (Å²) in [4.78, 5) is 16.3. The van der Waals surface area contributed by atoms with Crippen LogP contribution < -0.4 is 10.2 Å². The first-order valence-electron chi connectivity index (χ1n) is 9.79. The van der Waals surface area contributed by atoms with Crippen LogP contribution in [0.3, 0.4) is 0 Å². The van der Waals surface area contributed by atoms with Crippen LogP contribution in [-0.4, -0.2) is 44.5 Å². The number of benzene rings is 1. The Morgan fingerprint density at radius 1 is 1.00 bits per heavy atom. The highest BCUT2D eigenvalue weighted by Gasteiger charge is 2.21. The molecule has 5 rings (SSSR count). The van der Waals surface area contributed by atoms with Crippen LogP contribution in [0.15, 0.2) is 48.9 Å². The predicted octanol–water partition coefficient (Wildman–Crippen LogP) is 3.44. The van der Waals surface area contributed by atoms with Gasteiger partial charge in [0, 0.05) is 60.4 Å². The Morgan fingerprint density at radius 2 is 1.82 bits per heavy atom. The van der Waals surface area contributed by atoms with Gasteiger partial charge in [-0.25, -0.2) is 15.0 Å². The molecule has 0 radical (unpaired) electrons. The zero-order chi connectivity index (χ0) is 19.3. The van der Waals surface area contributed by atoms with Crippen LogP contribution >= 0.6 is 0 Å². The SMILES string of the molecule is Cc1cn2cc(-c3ncc4cc(N5C[C@@H](C)N[C@@H](C)C5)ccc4n3)ccc2n1. The lowest BCUT2D eigenvalue weighted by Gasteiger charge is -2.37. The zero-order valence-corrected chi connectivity index (χ0v) is 16.4. The molecule has 4 heterocycles. The Bertz CT molecular complexity index is 1150. The van der Waals surface area contributed by atoms with Crippen LogP contribution in [0.25, 0.3) is 27.9 Å². The van der Waals surface area contributed by atoms with Crippen LogP contribution in [0.2, 0.25) is 0 Å². The molecule has 0 spiro atoms. The Kier molecular flexibility index (Phi) is 4.02. The van der Waals surface area contributed by atoms with Gasteiger partial charge in [0.1, 0.15) is 5.65 Å². The fourth-order valence-electron chi connectivity index (χ4n) is 4.15. The molecule has 1 saturated heterocycles. The molecule has 1 N–H and O–H groups in total. The number of rotatable bonds is 2. The number of aromatic nitrogens is 4. The van der Waals surface area contributed by atoms with Crippen molar-refractivity contribution < 1.29 is 0 Å². The molecule has 0 bridgehead atoms. The van der Waals surface area contributed by atoms with Gasteiger partial charge in [0.05, 0.1) is 11.2 Å².